The Kier molecular flexibility index (Phi) is 3.75. The van der Waals surface area contributed by atoms with E-state index in [0.29, 0.717) is 0 Å². The van der Waals surface area contributed by atoms with Gasteiger partial charge in [0.25, 0.3) is 0 Å². The largest absolute Gasteiger partial charge is 0.496 e. The quantitative estimate of drug-likeness (QED) is 0.824. The van der Waals surface area contributed by atoms with Gasteiger partial charge in [-0.1, -0.05) is 26.0 Å². The van der Waals surface area contributed by atoms with Gasteiger partial charge in [0.1, 0.15) is 5.75 Å². The van der Waals surface area contributed by atoms with E-state index in [2.05, 4.69) is 26.8 Å². The van der Waals surface area contributed by atoms with Crippen molar-refractivity contribution in [3.8, 4) is 5.75 Å². The lowest BCUT2D eigenvalue weighted by Gasteiger charge is -2.24. The molecule has 1 aromatic carbocycles. The third-order valence-electron chi connectivity index (χ3n) is 2.67. The number of hydrogen-bond donors (Lipinski definition) is 1. The van der Waals surface area contributed by atoms with Crippen LogP contribution in [0.25, 0.3) is 0 Å². The molecule has 0 aliphatic rings. The number of hydrogen-bond acceptors (Lipinski definition) is 2. The van der Waals surface area contributed by atoms with Gasteiger partial charge in [-0.25, -0.2) is 0 Å². The Hall–Kier alpha value is -1.02. The summed E-state index contributed by atoms with van der Waals surface area (Å²) in [5, 5.41) is 9.27. The average molecular weight is 208 g/mol. The van der Waals surface area contributed by atoms with Gasteiger partial charge in [-0.15, -0.1) is 0 Å². The van der Waals surface area contributed by atoms with E-state index >= 15 is 0 Å². The molecule has 0 unspecified atom stereocenters. The Morgan fingerprint density at radius 3 is 2.53 bits per heavy atom. The average Bonchev–Trinajstić information content (AvgIpc) is 2.21. The van der Waals surface area contributed by atoms with Crippen LogP contribution in [0, 0.1) is 12.3 Å². The lowest BCUT2D eigenvalue weighted by molar-refractivity contribution is 0.158. The van der Waals surface area contributed by atoms with E-state index in [1.54, 1.807) is 7.11 Å². The molecule has 1 rings (SSSR count). The summed E-state index contributed by atoms with van der Waals surface area (Å²) in [5.41, 5.74) is 2.31. The minimum Gasteiger partial charge on any atom is -0.496 e. The van der Waals surface area contributed by atoms with Crippen molar-refractivity contribution in [3.63, 3.8) is 0 Å². The Bertz CT molecular complexity index is 329. The first-order valence-corrected chi connectivity index (χ1v) is 5.23. The minimum absolute atomic E-state index is 0.0978. The zero-order valence-corrected chi connectivity index (χ0v) is 10.0. The molecule has 2 heteroatoms. The first kappa shape index (κ1) is 12.1. The first-order chi connectivity index (χ1) is 7.00. The third kappa shape index (κ3) is 2.96. The van der Waals surface area contributed by atoms with E-state index in [9.17, 15) is 5.11 Å². The van der Waals surface area contributed by atoms with Gasteiger partial charge in [0, 0.05) is 6.61 Å². The van der Waals surface area contributed by atoms with Crippen molar-refractivity contribution in [1.82, 2.24) is 0 Å². The summed E-state index contributed by atoms with van der Waals surface area (Å²) in [6.45, 7) is 6.37. The van der Waals surface area contributed by atoms with E-state index in [-0.39, 0.29) is 12.0 Å². The highest BCUT2D eigenvalue weighted by atomic mass is 16.5. The monoisotopic (exact) mass is 208 g/mol. The van der Waals surface area contributed by atoms with Crippen molar-refractivity contribution in [3.05, 3.63) is 29.3 Å². The molecule has 0 saturated carbocycles. The Morgan fingerprint density at radius 1 is 1.33 bits per heavy atom. The standard InChI is InChI=1S/C13H20O2/c1-10-6-5-7-12(15-4)11(10)8-13(2,3)9-14/h5-7,14H,8-9H2,1-4H3. The molecule has 15 heavy (non-hydrogen) atoms. The summed E-state index contributed by atoms with van der Waals surface area (Å²) in [6.07, 6.45) is 0.833. The molecule has 0 heterocycles. The number of aliphatic hydroxyl groups excluding tert-OH is 1. The van der Waals surface area contributed by atoms with E-state index in [0.717, 1.165) is 12.2 Å². The van der Waals surface area contributed by atoms with Crippen LogP contribution in [0.2, 0.25) is 0 Å². The number of aliphatic hydroxyl groups is 1. The van der Waals surface area contributed by atoms with Crippen LogP contribution in [0.4, 0.5) is 0 Å². The summed E-state index contributed by atoms with van der Waals surface area (Å²) in [4.78, 5) is 0. The fraction of sp³-hybridized carbons (Fsp3) is 0.538. The molecule has 2 nitrogen and oxygen atoms in total. The second-order valence-electron chi connectivity index (χ2n) is 4.75. The van der Waals surface area contributed by atoms with E-state index < -0.39 is 0 Å². The Balaban J connectivity index is 3.02. The summed E-state index contributed by atoms with van der Waals surface area (Å²) < 4.78 is 5.33. The highest BCUT2D eigenvalue weighted by molar-refractivity contribution is 5.40. The second kappa shape index (κ2) is 4.67. The third-order valence-corrected chi connectivity index (χ3v) is 2.67. The molecule has 0 saturated heterocycles. The highest BCUT2D eigenvalue weighted by Gasteiger charge is 2.20. The minimum atomic E-state index is -0.0978. The summed E-state index contributed by atoms with van der Waals surface area (Å²) in [5.74, 6) is 0.913. The van der Waals surface area contributed by atoms with Gasteiger partial charge < -0.3 is 9.84 Å². The maximum Gasteiger partial charge on any atom is 0.122 e. The van der Waals surface area contributed by atoms with Crippen molar-refractivity contribution in [2.24, 2.45) is 5.41 Å². The molecule has 0 aliphatic heterocycles. The molecule has 84 valence electrons. The molecular formula is C13H20O2. The fourth-order valence-electron chi connectivity index (χ4n) is 1.63. The lowest BCUT2D eigenvalue weighted by Crippen LogP contribution is -2.20. The van der Waals surface area contributed by atoms with Crippen LogP contribution in [-0.2, 0) is 6.42 Å². The van der Waals surface area contributed by atoms with Gasteiger partial charge in [0.05, 0.1) is 7.11 Å². The van der Waals surface area contributed by atoms with Crippen LogP contribution in [0.1, 0.15) is 25.0 Å². The van der Waals surface area contributed by atoms with Gasteiger partial charge in [-0.05, 0) is 36.0 Å². The van der Waals surface area contributed by atoms with Crippen LogP contribution < -0.4 is 4.74 Å². The van der Waals surface area contributed by atoms with Crippen LogP contribution in [0.3, 0.4) is 0 Å². The Labute approximate surface area is 91.9 Å². The van der Waals surface area contributed by atoms with Gasteiger partial charge in [0.15, 0.2) is 0 Å². The van der Waals surface area contributed by atoms with Gasteiger partial charge in [-0.3, -0.25) is 0 Å². The number of rotatable bonds is 4. The van der Waals surface area contributed by atoms with E-state index in [1.165, 1.54) is 11.1 Å². The highest BCUT2D eigenvalue weighted by Crippen LogP contribution is 2.29. The van der Waals surface area contributed by atoms with Gasteiger partial charge >= 0.3 is 0 Å². The molecule has 0 spiro atoms. The van der Waals surface area contributed by atoms with E-state index in [1.807, 2.05) is 12.1 Å². The molecule has 0 fully saturated rings. The van der Waals surface area contributed by atoms with Crippen molar-refractivity contribution >= 4 is 0 Å². The number of benzene rings is 1. The van der Waals surface area contributed by atoms with Crippen molar-refractivity contribution < 1.29 is 9.84 Å². The van der Waals surface area contributed by atoms with Crippen LogP contribution in [-0.4, -0.2) is 18.8 Å². The molecule has 0 amide bonds. The van der Waals surface area contributed by atoms with E-state index in [4.69, 9.17) is 4.74 Å². The predicted molar refractivity (Wildman–Crippen MR) is 62.3 cm³/mol. The topological polar surface area (TPSA) is 29.5 Å². The van der Waals surface area contributed by atoms with Crippen LogP contribution >= 0.6 is 0 Å². The second-order valence-corrected chi connectivity index (χ2v) is 4.75. The molecule has 0 bridgehead atoms. The normalized spacial score (nSPS) is 11.5. The fourth-order valence-corrected chi connectivity index (χ4v) is 1.63. The number of ether oxygens (including phenoxy) is 1. The van der Waals surface area contributed by atoms with Gasteiger partial charge in [-0.2, -0.15) is 0 Å². The zero-order valence-electron chi connectivity index (χ0n) is 10.0. The predicted octanol–water partition coefficient (Wildman–Crippen LogP) is 2.56. The number of aryl methyl sites for hydroxylation is 1. The van der Waals surface area contributed by atoms with Crippen molar-refractivity contribution in [1.29, 1.82) is 0 Å². The summed E-state index contributed by atoms with van der Waals surface area (Å²) in [6, 6.07) is 6.03. The molecule has 0 aromatic heterocycles. The lowest BCUT2D eigenvalue weighted by atomic mass is 9.85. The maximum atomic E-state index is 9.27. The Morgan fingerprint density at radius 2 is 2.00 bits per heavy atom. The van der Waals surface area contributed by atoms with Crippen LogP contribution in [0.15, 0.2) is 18.2 Å². The molecule has 0 aliphatic carbocycles. The number of methoxy groups -OCH3 is 1. The molecule has 0 atom stereocenters. The smallest absolute Gasteiger partial charge is 0.122 e. The molecular weight excluding hydrogens is 188 g/mol. The molecule has 1 aromatic rings. The zero-order chi connectivity index (χ0) is 11.5. The molecule has 1 N–H and O–H groups in total. The van der Waals surface area contributed by atoms with Gasteiger partial charge in [0.2, 0.25) is 0 Å². The maximum absolute atomic E-state index is 9.27. The van der Waals surface area contributed by atoms with Crippen molar-refractivity contribution in [2.75, 3.05) is 13.7 Å². The molecule has 0 radical (unpaired) electrons. The summed E-state index contributed by atoms with van der Waals surface area (Å²) >= 11 is 0. The first-order valence-electron chi connectivity index (χ1n) is 5.23. The van der Waals surface area contributed by atoms with Crippen molar-refractivity contribution in [2.45, 2.75) is 27.2 Å². The SMILES string of the molecule is COc1cccc(C)c1CC(C)(C)CO. The summed E-state index contributed by atoms with van der Waals surface area (Å²) in [7, 11) is 1.68. The van der Waals surface area contributed by atoms with Crippen LogP contribution in [0.5, 0.6) is 5.75 Å².